The Labute approximate surface area is 79.4 Å². The van der Waals surface area contributed by atoms with Crippen LogP contribution in [0, 0.1) is 5.92 Å². The molecule has 1 saturated heterocycles. The van der Waals surface area contributed by atoms with E-state index >= 15 is 0 Å². The average Bonchev–Trinajstić information content (AvgIpc) is 2.04. The largest absolute Gasteiger partial charge is 0.350 e. The molecule has 0 aromatic carbocycles. The van der Waals surface area contributed by atoms with Crippen LogP contribution in [0.5, 0.6) is 0 Å². The first-order valence-electron chi connectivity index (χ1n) is 4.84. The summed E-state index contributed by atoms with van der Waals surface area (Å²) in [6, 6.07) is 0. The summed E-state index contributed by atoms with van der Waals surface area (Å²) in [5.74, 6) is -0.169. The molecule has 0 amide bonds. The first-order chi connectivity index (χ1) is 6.09. The van der Waals surface area contributed by atoms with Crippen molar-refractivity contribution in [3.05, 3.63) is 0 Å². The van der Waals surface area contributed by atoms with Gasteiger partial charge in [0.15, 0.2) is 5.79 Å². The van der Waals surface area contributed by atoms with E-state index in [2.05, 4.69) is 6.92 Å². The molecule has 1 fully saturated rings. The highest BCUT2D eigenvalue weighted by Crippen LogP contribution is 2.29. The smallest absolute Gasteiger partial charge is 0.163 e. The van der Waals surface area contributed by atoms with Crippen LogP contribution in [-0.4, -0.2) is 24.8 Å². The SMILES string of the molecule is CC[C@@H]1COC(C)(C)O[C@@H]1CC=O. The lowest BCUT2D eigenvalue weighted by Gasteiger charge is -2.40. The van der Waals surface area contributed by atoms with Crippen LogP contribution in [0.3, 0.4) is 0 Å². The summed E-state index contributed by atoms with van der Waals surface area (Å²) in [6.07, 6.45) is 2.43. The first-order valence-corrected chi connectivity index (χ1v) is 4.84. The maximum Gasteiger partial charge on any atom is 0.163 e. The maximum absolute atomic E-state index is 10.4. The molecule has 0 saturated carbocycles. The number of rotatable bonds is 3. The zero-order chi connectivity index (χ0) is 9.90. The van der Waals surface area contributed by atoms with E-state index in [0.717, 1.165) is 12.7 Å². The van der Waals surface area contributed by atoms with E-state index in [4.69, 9.17) is 9.47 Å². The van der Waals surface area contributed by atoms with Gasteiger partial charge in [0.1, 0.15) is 6.29 Å². The first kappa shape index (κ1) is 10.7. The summed E-state index contributed by atoms with van der Waals surface area (Å²) < 4.78 is 11.2. The van der Waals surface area contributed by atoms with Crippen molar-refractivity contribution in [1.82, 2.24) is 0 Å². The minimum Gasteiger partial charge on any atom is -0.350 e. The van der Waals surface area contributed by atoms with Crippen molar-refractivity contribution in [2.75, 3.05) is 6.61 Å². The van der Waals surface area contributed by atoms with Gasteiger partial charge in [-0.25, -0.2) is 0 Å². The van der Waals surface area contributed by atoms with Gasteiger partial charge in [0.05, 0.1) is 12.7 Å². The molecule has 13 heavy (non-hydrogen) atoms. The fourth-order valence-corrected chi connectivity index (χ4v) is 1.63. The molecule has 3 nitrogen and oxygen atoms in total. The molecule has 1 aliphatic heterocycles. The summed E-state index contributed by atoms with van der Waals surface area (Å²) in [6.45, 7) is 6.56. The second kappa shape index (κ2) is 4.20. The molecular formula is C10H18O3. The number of carbonyl (C=O) groups excluding carboxylic acids is 1. The molecule has 1 rings (SSSR count). The fourth-order valence-electron chi connectivity index (χ4n) is 1.63. The van der Waals surface area contributed by atoms with Crippen LogP contribution < -0.4 is 0 Å². The lowest BCUT2D eigenvalue weighted by atomic mass is 9.96. The highest BCUT2D eigenvalue weighted by atomic mass is 16.7. The highest BCUT2D eigenvalue weighted by molar-refractivity contribution is 5.50. The average molecular weight is 186 g/mol. The van der Waals surface area contributed by atoms with E-state index in [1.165, 1.54) is 0 Å². The van der Waals surface area contributed by atoms with Gasteiger partial charge in [0, 0.05) is 12.3 Å². The van der Waals surface area contributed by atoms with Crippen molar-refractivity contribution in [1.29, 1.82) is 0 Å². The van der Waals surface area contributed by atoms with Gasteiger partial charge in [-0.15, -0.1) is 0 Å². The summed E-state index contributed by atoms with van der Waals surface area (Å²) in [4.78, 5) is 10.4. The molecular weight excluding hydrogens is 168 g/mol. The van der Waals surface area contributed by atoms with Crippen molar-refractivity contribution in [3.63, 3.8) is 0 Å². The molecule has 0 aromatic rings. The van der Waals surface area contributed by atoms with Crippen LogP contribution in [0.1, 0.15) is 33.6 Å². The standard InChI is InChI=1S/C10H18O3/c1-4-8-7-12-10(2,3)13-9(8)5-6-11/h6,8-9H,4-5,7H2,1-3H3/t8-,9-/m1/s1. The molecule has 0 radical (unpaired) electrons. The fraction of sp³-hybridized carbons (Fsp3) is 0.900. The minimum atomic E-state index is -0.528. The molecule has 1 heterocycles. The Bertz CT molecular complexity index is 177. The molecule has 0 unspecified atom stereocenters. The van der Waals surface area contributed by atoms with E-state index in [0.29, 0.717) is 18.9 Å². The number of hydrogen-bond donors (Lipinski definition) is 0. The second-order valence-electron chi connectivity index (χ2n) is 3.94. The van der Waals surface area contributed by atoms with Crippen molar-refractivity contribution in [2.24, 2.45) is 5.92 Å². The molecule has 3 heteroatoms. The monoisotopic (exact) mass is 186 g/mol. The quantitative estimate of drug-likeness (QED) is 0.630. The van der Waals surface area contributed by atoms with Crippen molar-refractivity contribution in [3.8, 4) is 0 Å². The number of aldehydes is 1. The van der Waals surface area contributed by atoms with Gasteiger partial charge < -0.3 is 14.3 Å². The molecule has 1 aliphatic rings. The normalized spacial score (nSPS) is 32.8. The Hall–Kier alpha value is -0.410. The van der Waals surface area contributed by atoms with E-state index in [9.17, 15) is 4.79 Å². The summed E-state index contributed by atoms with van der Waals surface area (Å²) in [7, 11) is 0. The zero-order valence-electron chi connectivity index (χ0n) is 8.58. The maximum atomic E-state index is 10.4. The molecule has 0 bridgehead atoms. The van der Waals surface area contributed by atoms with Crippen LogP contribution in [0.25, 0.3) is 0 Å². The van der Waals surface area contributed by atoms with Crippen LogP contribution >= 0.6 is 0 Å². The summed E-state index contributed by atoms with van der Waals surface area (Å²) in [5, 5.41) is 0. The molecule has 0 spiro atoms. The van der Waals surface area contributed by atoms with Gasteiger partial charge in [-0.3, -0.25) is 0 Å². The third-order valence-corrected chi connectivity index (χ3v) is 2.46. The molecule has 0 aromatic heterocycles. The number of carbonyl (C=O) groups is 1. The predicted molar refractivity (Wildman–Crippen MR) is 49.4 cm³/mol. The van der Waals surface area contributed by atoms with Crippen LogP contribution in [0.4, 0.5) is 0 Å². The van der Waals surface area contributed by atoms with Gasteiger partial charge in [-0.2, -0.15) is 0 Å². The van der Waals surface area contributed by atoms with E-state index in [-0.39, 0.29) is 6.10 Å². The summed E-state index contributed by atoms with van der Waals surface area (Å²) in [5.41, 5.74) is 0. The third-order valence-electron chi connectivity index (χ3n) is 2.46. The Morgan fingerprint density at radius 3 is 2.77 bits per heavy atom. The Morgan fingerprint density at radius 2 is 2.23 bits per heavy atom. The van der Waals surface area contributed by atoms with E-state index in [1.807, 2.05) is 13.8 Å². The van der Waals surface area contributed by atoms with Gasteiger partial charge in [0.2, 0.25) is 0 Å². The molecule has 2 atom stereocenters. The topological polar surface area (TPSA) is 35.5 Å². The van der Waals surface area contributed by atoms with Crippen LogP contribution in [-0.2, 0) is 14.3 Å². The van der Waals surface area contributed by atoms with Crippen molar-refractivity contribution in [2.45, 2.75) is 45.5 Å². The van der Waals surface area contributed by atoms with Crippen LogP contribution in [0.2, 0.25) is 0 Å². The van der Waals surface area contributed by atoms with Crippen LogP contribution in [0.15, 0.2) is 0 Å². The van der Waals surface area contributed by atoms with Gasteiger partial charge >= 0.3 is 0 Å². The van der Waals surface area contributed by atoms with Gasteiger partial charge in [0.25, 0.3) is 0 Å². The van der Waals surface area contributed by atoms with Gasteiger partial charge in [-0.1, -0.05) is 6.92 Å². The molecule has 0 aliphatic carbocycles. The summed E-state index contributed by atoms with van der Waals surface area (Å²) >= 11 is 0. The zero-order valence-corrected chi connectivity index (χ0v) is 8.58. The van der Waals surface area contributed by atoms with Gasteiger partial charge in [-0.05, 0) is 20.3 Å². The van der Waals surface area contributed by atoms with E-state index < -0.39 is 5.79 Å². The van der Waals surface area contributed by atoms with Crippen molar-refractivity contribution < 1.29 is 14.3 Å². The Morgan fingerprint density at radius 1 is 1.54 bits per heavy atom. The van der Waals surface area contributed by atoms with E-state index in [1.54, 1.807) is 0 Å². The second-order valence-corrected chi connectivity index (χ2v) is 3.94. The number of hydrogen-bond acceptors (Lipinski definition) is 3. The Kier molecular flexibility index (Phi) is 3.45. The number of ether oxygens (including phenoxy) is 2. The lowest BCUT2D eigenvalue weighted by molar-refractivity contribution is -0.292. The van der Waals surface area contributed by atoms with Crippen molar-refractivity contribution >= 4 is 6.29 Å². The highest BCUT2D eigenvalue weighted by Gasteiger charge is 2.34. The molecule has 0 N–H and O–H groups in total. The Balaban J connectivity index is 2.57. The lowest BCUT2D eigenvalue weighted by Crippen LogP contribution is -2.45. The minimum absolute atomic E-state index is 0.0336. The third kappa shape index (κ3) is 2.78. The predicted octanol–water partition coefficient (Wildman–Crippen LogP) is 1.75. The molecule has 76 valence electrons.